The highest BCUT2D eigenvalue weighted by Gasteiger charge is 2.24. The van der Waals surface area contributed by atoms with Crippen molar-refractivity contribution < 1.29 is 5.11 Å². The lowest BCUT2D eigenvalue weighted by atomic mass is 9.95. The Kier molecular flexibility index (Phi) is 5.13. The molecule has 2 rings (SSSR count). The van der Waals surface area contributed by atoms with E-state index in [0.717, 1.165) is 36.8 Å². The van der Waals surface area contributed by atoms with Gasteiger partial charge in [-0.15, -0.1) is 0 Å². The van der Waals surface area contributed by atoms with Gasteiger partial charge in [0, 0.05) is 11.1 Å². The number of aromatic nitrogens is 3. The van der Waals surface area contributed by atoms with E-state index in [1.54, 1.807) is 6.20 Å². The topological polar surface area (TPSA) is 97.0 Å². The number of aliphatic hydroxyl groups excluding tert-OH is 1. The molecule has 0 saturated carbocycles. The molecule has 0 aliphatic rings. The van der Waals surface area contributed by atoms with Crippen molar-refractivity contribution in [3.63, 3.8) is 0 Å². The van der Waals surface area contributed by atoms with E-state index in [0.29, 0.717) is 11.3 Å². The second-order valence-corrected chi connectivity index (χ2v) is 5.92. The average Bonchev–Trinajstić information content (AvgIpc) is 2.52. The standard InChI is InChI=1S/C16H25N5O/c1-4-6-7-16(3,10-22)21-14-12-8-11(5-2)18-9-13(12)19-15(17)20-14/h8-9,22H,4-7,10H2,1-3H3,(H3,17,19,20,21)/t16-/m1/s1. The average molecular weight is 303 g/mol. The van der Waals surface area contributed by atoms with Gasteiger partial charge >= 0.3 is 0 Å². The number of pyridine rings is 1. The first-order valence-corrected chi connectivity index (χ1v) is 7.82. The predicted octanol–water partition coefficient (Wildman–Crippen LogP) is 2.52. The molecule has 22 heavy (non-hydrogen) atoms. The zero-order valence-corrected chi connectivity index (χ0v) is 13.6. The van der Waals surface area contributed by atoms with Crippen molar-refractivity contribution in [3.8, 4) is 0 Å². The Hall–Kier alpha value is -1.95. The molecule has 4 N–H and O–H groups in total. The third kappa shape index (κ3) is 3.62. The van der Waals surface area contributed by atoms with Crippen molar-refractivity contribution in [1.29, 1.82) is 0 Å². The van der Waals surface area contributed by atoms with E-state index in [-0.39, 0.29) is 12.6 Å². The molecule has 6 nitrogen and oxygen atoms in total. The highest BCUT2D eigenvalue weighted by atomic mass is 16.3. The van der Waals surface area contributed by atoms with Crippen LogP contribution in [0.25, 0.3) is 10.9 Å². The van der Waals surface area contributed by atoms with Crippen molar-refractivity contribution in [3.05, 3.63) is 18.0 Å². The Morgan fingerprint density at radius 2 is 2.09 bits per heavy atom. The maximum atomic E-state index is 9.77. The zero-order valence-electron chi connectivity index (χ0n) is 13.6. The van der Waals surface area contributed by atoms with Crippen LogP contribution in [0.15, 0.2) is 12.3 Å². The fourth-order valence-corrected chi connectivity index (χ4v) is 2.42. The molecule has 0 saturated heterocycles. The first kappa shape index (κ1) is 16.4. The van der Waals surface area contributed by atoms with E-state index in [2.05, 4.69) is 34.1 Å². The summed E-state index contributed by atoms with van der Waals surface area (Å²) < 4.78 is 0. The van der Waals surface area contributed by atoms with Crippen LogP contribution >= 0.6 is 0 Å². The molecular weight excluding hydrogens is 278 g/mol. The van der Waals surface area contributed by atoms with E-state index >= 15 is 0 Å². The van der Waals surface area contributed by atoms with Crippen LogP contribution in [-0.4, -0.2) is 32.2 Å². The molecule has 2 aromatic heterocycles. The summed E-state index contributed by atoms with van der Waals surface area (Å²) in [5.74, 6) is 0.865. The van der Waals surface area contributed by atoms with Gasteiger partial charge in [0.1, 0.15) is 5.82 Å². The SMILES string of the molecule is CCCC[C@](C)(CO)Nc1nc(N)nc2cnc(CC)cc12. The zero-order chi connectivity index (χ0) is 16.2. The summed E-state index contributed by atoms with van der Waals surface area (Å²) in [6, 6.07) is 1.98. The highest BCUT2D eigenvalue weighted by molar-refractivity contribution is 5.90. The molecule has 0 aliphatic carbocycles. The van der Waals surface area contributed by atoms with E-state index < -0.39 is 5.54 Å². The van der Waals surface area contributed by atoms with Crippen LogP contribution in [0.5, 0.6) is 0 Å². The lowest BCUT2D eigenvalue weighted by molar-refractivity contribution is 0.212. The summed E-state index contributed by atoms with van der Waals surface area (Å²) in [5.41, 5.74) is 7.06. The van der Waals surface area contributed by atoms with Gasteiger partial charge in [-0.2, -0.15) is 4.98 Å². The summed E-state index contributed by atoms with van der Waals surface area (Å²) >= 11 is 0. The first-order valence-electron chi connectivity index (χ1n) is 7.82. The molecule has 0 bridgehead atoms. The number of unbranched alkanes of at least 4 members (excludes halogenated alkanes) is 1. The van der Waals surface area contributed by atoms with Gasteiger partial charge in [-0.25, -0.2) is 4.98 Å². The quantitative estimate of drug-likeness (QED) is 0.727. The van der Waals surface area contributed by atoms with Crippen LogP contribution in [0.3, 0.4) is 0 Å². The van der Waals surface area contributed by atoms with Crippen LogP contribution in [-0.2, 0) is 6.42 Å². The number of nitrogens with one attached hydrogen (secondary N) is 1. The number of nitrogens with two attached hydrogens (primary N) is 1. The van der Waals surface area contributed by atoms with Crippen molar-refractivity contribution in [1.82, 2.24) is 15.0 Å². The molecule has 0 aliphatic heterocycles. The summed E-state index contributed by atoms with van der Waals surface area (Å²) in [4.78, 5) is 12.9. The minimum Gasteiger partial charge on any atom is -0.394 e. The number of nitrogens with zero attached hydrogens (tertiary/aromatic N) is 3. The minimum atomic E-state index is -0.431. The van der Waals surface area contributed by atoms with Gasteiger partial charge in [0.25, 0.3) is 0 Å². The van der Waals surface area contributed by atoms with E-state index in [1.807, 2.05) is 13.0 Å². The number of anilines is 2. The number of rotatable bonds is 7. The number of nitrogen functional groups attached to an aromatic ring is 1. The van der Waals surface area contributed by atoms with Gasteiger partial charge in [0.05, 0.1) is 23.9 Å². The van der Waals surface area contributed by atoms with Gasteiger partial charge < -0.3 is 16.2 Å². The lowest BCUT2D eigenvalue weighted by Crippen LogP contribution is -2.39. The van der Waals surface area contributed by atoms with Crippen LogP contribution in [0, 0.1) is 0 Å². The number of fused-ring (bicyclic) bond motifs is 1. The Morgan fingerprint density at radius 3 is 2.73 bits per heavy atom. The molecule has 0 spiro atoms. The maximum Gasteiger partial charge on any atom is 0.222 e. The van der Waals surface area contributed by atoms with Crippen LogP contribution in [0.2, 0.25) is 0 Å². The number of hydrogen-bond acceptors (Lipinski definition) is 6. The molecule has 120 valence electrons. The maximum absolute atomic E-state index is 9.77. The Balaban J connectivity index is 2.44. The van der Waals surface area contributed by atoms with Crippen molar-refractivity contribution in [2.45, 2.75) is 52.0 Å². The number of aliphatic hydroxyl groups is 1. The molecular formula is C16H25N5O. The summed E-state index contributed by atoms with van der Waals surface area (Å²) in [5, 5.41) is 14.0. The van der Waals surface area contributed by atoms with Crippen molar-refractivity contribution >= 4 is 22.7 Å². The Morgan fingerprint density at radius 1 is 1.32 bits per heavy atom. The second-order valence-electron chi connectivity index (χ2n) is 5.92. The molecule has 1 atom stereocenters. The number of aryl methyl sites for hydroxylation is 1. The normalized spacial score (nSPS) is 14.0. The molecule has 6 heteroatoms. The van der Waals surface area contributed by atoms with Gasteiger partial charge in [0.15, 0.2) is 0 Å². The Bertz CT molecular complexity index is 646. The van der Waals surface area contributed by atoms with Crippen molar-refractivity contribution in [2.75, 3.05) is 17.7 Å². The smallest absolute Gasteiger partial charge is 0.222 e. The van der Waals surface area contributed by atoms with Crippen molar-refractivity contribution in [2.24, 2.45) is 0 Å². The predicted molar refractivity (Wildman–Crippen MR) is 89.8 cm³/mol. The van der Waals surface area contributed by atoms with Gasteiger partial charge in [-0.1, -0.05) is 26.7 Å². The van der Waals surface area contributed by atoms with Gasteiger partial charge in [0.2, 0.25) is 5.95 Å². The molecule has 0 amide bonds. The molecule has 0 fully saturated rings. The third-order valence-electron chi connectivity index (χ3n) is 3.87. The number of hydrogen-bond donors (Lipinski definition) is 3. The molecule has 0 aromatic carbocycles. The molecule has 2 heterocycles. The van der Waals surface area contributed by atoms with Crippen LogP contribution < -0.4 is 11.1 Å². The monoisotopic (exact) mass is 303 g/mol. The Labute approximate surface area is 131 Å². The van der Waals surface area contributed by atoms with E-state index in [9.17, 15) is 5.11 Å². The van der Waals surface area contributed by atoms with Gasteiger partial charge in [-0.3, -0.25) is 4.98 Å². The largest absolute Gasteiger partial charge is 0.394 e. The summed E-state index contributed by atoms with van der Waals surface area (Å²) in [6.45, 7) is 6.21. The van der Waals surface area contributed by atoms with E-state index in [4.69, 9.17) is 5.73 Å². The lowest BCUT2D eigenvalue weighted by Gasteiger charge is -2.30. The van der Waals surface area contributed by atoms with Crippen LogP contribution in [0.1, 0.15) is 45.7 Å². The molecule has 0 unspecified atom stereocenters. The summed E-state index contributed by atoms with van der Waals surface area (Å²) in [6.07, 6.45) is 5.53. The van der Waals surface area contributed by atoms with Gasteiger partial charge in [-0.05, 0) is 25.8 Å². The van der Waals surface area contributed by atoms with E-state index in [1.165, 1.54) is 0 Å². The molecule has 0 radical (unpaired) electrons. The fraction of sp³-hybridized carbons (Fsp3) is 0.562. The first-order chi connectivity index (χ1) is 10.5. The minimum absolute atomic E-state index is 0.0319. The second kappa shape index (κ2) is 6.87. The fourth-order valence-electron chi connectivity index (χ4n) is 2.42. The highest BCUT2D eigenvalue weighted by Crippen LogP contribution is 2.26. The third-order valence-corrected chi connectivity index (χ3v) is 3.87. The van der Waals surface area contributed by atoms with Crippen LogP contribution in [0.4, 0.5) is 11.8 Å². The summed E-state index contributed by atoms with van der Waals surface area (Å²) in [7, 11) is 0. The molecule has 2 aromatic rings.